The van der Waals surface area contributed by atoms with E-state index in [9.17, 15) is 13.6 Å². The van der Waals surface area contributed by atoms with Crippen LogP contribution in [0.15, 0.2) is 42.6 Å². The fourth-order valence-corrected chi connectivity index (χ4v) is 3.94. The number of nitrogens with zero attached hydrogens (tertiary/aromatic N) is 2. The molecule has 1 saturated carbocycles. The second kappa shape index (κ2) is 8.81. The van der Waals surface area contributed by atoms with E-state index in [0.717, 1.165) is 36.6 Å². The Morgan fingerprint density at radius 2 is 1.94 bits per heavy atom. The predicted octanol–water partition coefficient (Wildman–Crippen LogP) is 4.86. The van der Waals surface area contributed by atoms with Crippen molar-refractivity contribution in [3.05, 3.63) is 48.2 Å². The van der Waals surface area contributed by atoms with Gasteiger partial charge < -0.3 is 19.2 Å². The van der Waals surface area contributed by atoms with E-state index >= 15 is 0 Å². The van der Waals surface area contributed by atoms with Gasteiger partial charge in [0, 0.05) is 25.8 Å². The molecule has 0 unspecified atom stereocenters. The summed E-state index contributed by atoms with van der Waals surface area (Å²) < 4.78 is 37.4. The van der Waals surface area contributed by atoms with Crippen LogP contribution in [0, 0.1) is 5.92 Å². The fraction of sp³-hybridized carbons (Fsp3) is 0.500. The van der Waals surface area contributed by atoms with Crippen molar-refractivity contribution in [2.45, 2.75) is 51.1 Å². The molecule has 1 aromatic carbocycles. The summed E-state index contributed by atoms with van der Waals surface area (Å²) in [6.07, 6.45) is 3.00. The van der Waals surface area contributed by atoms with E-state index in [2.05, 4.69) is 16.8 Å². The number of anilines is 1. The zero-order valence-corrected chi connectivity index (χ0v) is 17.9. The monoisotopic (exact) mass is 430 g/mol. The Kier molecular flexibility index (Phi) is 6.12. The number of alkyl halides is 2. The van der Waals surface area contributed by atoms with Crippen molar-refractivity contribution in [3.8, 4) is 11.5 Å². The summed E-state index contributed by atoms with van der Waals surface area (Å²) in [7, 11) is 0. The number of carbonyl (C=O) groups is 1. The molecule has 2 heterocycles. The van der Waals surface area contributed by atoms with Gasteiger partial charge in [-0.15, -0.1) is 0 Å². The van der Waals surface area contributed by atoms with Crippen LogP contribution in [0.4, 0.5) is 14.6 Å². The van der Waals surface area contributed by atoms with Gasteiger partial charge in [-0.05, 0) is 42.7 Å². The van der Waals surface area contributed by atoms with E-state index in [1.807, 2.05) is 30.3 Å². The van der Waals surface area contributed by atoms with E-state index in [0.29, 0.717) is 12.2 Å². The van der Waals surface area contributed by atoms with Crippen LogP contribution >= 0.6 is 0 Å². The highest BCUT2D eigenvalue weighted by Gasteiger charge is 2.57. The van der Waals surface area contributed by atoms with Crippen molar-refractivity contribution >= 4 is 11.6 Å². The molecule has 0 amide bonds. The molecule has 7 heteroatoms. The van der Waals surface area contributed by atoms with Gasteiger partial charge >= 0.3 is 0 Å². The van der Waals surface area contributed by atoms with Crippen molar-refractivity contribution < 1.29 is 23.0 Å². The lowest BCUT2D eigenvalue weighted by Gasteiger charge is -2.19. The Morgan fingerprint density at radius 1 is 1.23 bits per heavy atom. The summed E-state index contributed by atoms with van der Waals surface area (Å²) >= 11 is 0. The molecule has 1 saturated heterocycles. The molecule has 0 spiro atoms. The van der Waals surface area contributed by atoms with Crippen molar-refractivity contribution in [2.75, 3.05) is 24.6 Å². The molecule has 2 aromatic rings. The Balaban J connectivity index is 1.26. The lowest BCUT2D eigenvalue weighted by atomic mass is 9.96. The first kappa shape index (κ1) is 21.5. The number of pyridine rings is 1. The molecule has 0 bridgehead atoms. The molecular formula is C24H28F2N2O3. The number of halogens is 2. The molecule has 3 atom stereocenters. The number of ether oxygens (including phenoxy) is 2. The summed E-state index contributed by atoms with van der Waals surface area (Å²) in [5.41, 5.74) is 1.13. The van der Waals surface area contributed by atoms with Crippen LogP contribution in [-0.2, 0) is 4.79 Å². The maximum absolute atomic E-state index is 12.9. The van der Waals surface area contributed by atoms with Crippen LogP contribution in [0.3, 0.4) is 0 Å². The zero-order valence-electron chi connectivity index (χ0n) is 17.9. The number of rotatable bonds is 9. The molecule has 166 valence electrons. The summed E-state index contributed by atoms with van der Waals surface area (Å²) in [5, 5.41) is 0. The van der Waals surface area contributed by atoms with Gasteiger partial charge in [0.05, 0.1) is 25.3 Å². The van der Waals surface area contributed by atoms with Crippen LogP contribution in [0.25, 0.3) is 0 Å². The molecule has 0 radical (unpaired) electrons. The highest BCUT2D eigenvalue weighted by Crippen LogP contribution is 2.48. The predicted molar refractivity (Wildman–Crippen MR) is 114 cm³/mol. The van der Waals surface area contributed by atoms with Gasteiger partial charge in [0.15, 0.2) is 0 Å². The van der Waals surface area contributed by atoms with E-state index in [4.69, 9.17) is 9.47 Å². The number of carbonyl (C=O) groups excluding carboxylic acids is 1. The Morgan fingerprint density at radius 3 is 2.55 bits per heavy atom. The molecule has 1 aromatic heterocycles. The van der Waals surface area contributed by atoms with Crippen LogP contribution in [-0.4, -0.2) is 42.5 Å². The summed E-state index contributed by atoms with van der Waals surface area (Å²) in [6.45, 7) is 5.26. The van der Waals surface area contributed by atoms with Crippen molar-refractivity contribution in [1.82, 2.24) is 4.98 Å². The van der Waals surface area contributed by atoms with Crippen LogP contribution < -0.4 is 14.4 Å². The number of ketones is 1. The average molecular weight is 430 g/mol. The van der Waals surface area contributed by atoms with Gasteiger partial charge in [0.25, 0.3) is 5.92 Å². The highest BCUT2D eigenvalue weighted by molar-refractivity contribution is 5.76. The first-order valence-electron chi connectivity index (χ1n) is 10.8. The minimum absolute atomic E-state index is 0.0278. The third kappa shape index (κ3) is 5.51. The SMILES string of the molecule is CC(=O)C[C@@H](C)c1ccc(O[C@@H]2CCN(c3ccc(OC[C@@H]4CC4(F)F)cn3)C2)cc1. The van der Waals surface area contributed by atoms with Gasteiger partial charge in [-0.2, -0.15) is 0 Å². The molecule has 2 aliphatic rings. The molecule has 0 N–H and O–H groups in total. The van der Waals surface area contributed by atoms with Crippen molar-refractivity contribution in [2.24, 2.45) is 5.92 Å². The molecule has 4 rings (SSSR count). The molecular weight excluding hydrogens is 402 g/mol. The van der Waals surface area contributed by atoms with Crippen LogP contribution in [0.5, 0.6) is 11.5 Å². The molecule has 2 fully saturated rings. The third-order valence-electron chi connectivity index (χ3n) is 5.94. The van der Waals surface area contributed by atoms with Gasteiger partial charge in [-0.1, -0.05) is 19.1 Å². The van der Waals surface area contributed by atoms with Crippen molar-refractivity contribution in [3.63, 3.8) is 0 Å². The van der Waals surface area contributed by atoms with Gasteiger partial charge in [0.1, 0.15) is 29.2 Å². The first-order chi connectivity index (χ1) is 14.8. The van der Waals surface area contributed by atoms with Gasteiger partial charge in [-0.3, -0.25) is 0 Å². The first-order valence-corrected chi connectivity index (χ1v) is 10.8. The molecule has 1 aliphatic carbocycles. The molecule has 1 aliphatic heterocycles. The quantitative estimate of drug-likeness (QED) is 0.569. The number of hydrogen-bond donors (Lipinski definition) is 0. The van der Waals surface area contributed by atoms with E-state index in [1.54, 1.807) is 19.2 Å². The second-order valence-electron chi connectivity index (χ2n) is 8.68. The lowest BCUT2D eigenvalue weighted by molar-refractivity contribution is -0.117. The largest absolute Gasteiger partial charge is 0.491 e. The Hall–Kier alpha value is -2.70. The van der Waals surface area contributed by atoms with E-state index in [1.165, 1.54) is 0 Å². The number of aromatic nitrogens is 1. The minimum Gasteiger partial charge on any atom is -0.491 e. The lowest BCUT2D eigenvalue weighted by Crippen LogP contribution is -2.25. The maximum atomic E-state index is 12.9. The van der Waals surface area contributed by atoms with Crippen LogP contribution in [0.1, 0.15) is 44.6 Å². The summed E-state index contributed by atoms with van der Waals surface area (Å²) in [4.78, 5) is 17.9. The van der Waals surface area contributed by atoms with Crippen LogP contribution in [0.2, 0.25) is 0 Å². The van der Waals surface area contributed by atoms with E-state index in [-0.39, 0.29) is 30.8 Å². The fourth-order valence-electron chi connectivity index (χ4n) is 3.94. The summed E-state index contributed by atoms with van der Waals surface area (Å²) in [6, 6.07) is 11.6. The standard InChI is InChI=1S/C24H28F2N2O3/c1-16(11-17(2)29)18-3-5-20(6-4-18)31-22-9-10-28(14-22)23-8-7-21(13-27-23)30-15-19-12-24(19,25)26/h3-8,13,16,19,22H,9-12,14-15H2,1-2H3/t16-,19+,22-/m1/s1. The highest BCUT2D eigenvalue weighted by atomic mass is 19.3. The molecule has 5 nitrogen and oxygen atoms in total. The third-order valence-corrected chi connectivity index (χ3v) is 5.94. The number of benzene rings is 1. The van der Waals surface area contributed by atoms with E-state index < -0.39 is 11.8 Å². The van der Waals surface area contributed by atoms with Crippen molar-refractivity contribution in [1.29, 1.82) is 0 Å². The topological polar surface area (TPSA) is 51.7 Å². The maximum Gasteiger partial charge on any atom is 0.255 e. The minimum atomic E-state index is -2.56. The number of hydrogen-bond acceptors (Lipinski definition) is 5. The average Bonchev–Trinajstić information content (AvgIpc) is 3.11. The smallest absolute Gasteiger partial charge is 0.255 e. The van der Waals surface area contributed by atoms with Gasteiger partial charge in [-0.25, -0.2) is 13.8 Å². The van der Waals surface area contributed by atoms with Gasteiger partial charge in [0.2, 0.25) is 0 Å². The Bertz CT molecular complexity index is 902. The zero-order chi connectivity index (χ0) is 22.0. The Labute approximate surface area is 181 Å². The second-order valence-corrected chi connectivity index (χ2v) is 8.68. The number of Topliss-reactive ketones (excluding diaryl/α,β-unsaturated/α-hetero) is 1. The summed E-state index contributed by atoms with van der Waals surface area (Å²) in [5.74, 6) is -0.690. The normalized spacial score (nSPS) is 22.8. The molecule has 31 heavy (non-hydrogen) atoms.